The molecular weight excluding hydrogens is 226 g/mol. The average Bonchev–Trinajstić information content (AvgIpc) is 2.05. The monoisotopic (exact) mass is 235 g/mol. The van der Waals surface area contributed by atoms with Gasteiger partial charge >= 0.3 is 0 Å². The van der Waals surface area contributed by atoms with Crippen LogP contribution < -0.4 is 0 Å². The van der Waals surface area contributed by atoms with Crippen LogP contribution in [0, 0.1) is 6.92 Å². The molecule has 0 N–H and O–H groups in total. The Morgan fingerprint density at radius 3 is 2.08 bits per heavy atom. The number of alkyl halides is 3. The summed E-state index contributed by atoms with van der Waals surface area (Å²) in [6.07, 6.45) is 0.570. The molecule has 0 spiro atoms. The van der Waals surface area contributed by atoms with Crippen molar-refractivity contribution < 1.29 is 0 Å². The molecule has 0 heterocycles. The molecule has 0 nitrogen and oxygen atoms in total. The number of benzene rings is 1. The molecule has 0 aliphatic heterocycles. The van der Waals surface area contributed by atoms with E-state index >= 15 is 0 Å². The van der Waals surface area contributed by atoms with E-state index in [4.69, 9.17) is 34.8 Å². The van der Waals surface area contributed by atoms with E-state index in [9.17, 15) is 0 Å². The maximum Gasteiger partial charge on any atom is 0.197 e. The van der Waals surface area contributed by atoms with Gasteiger partial charge < -0.3 is 0 Å². The molecule has 0 aliphatic carbocycles. The summed E-state index contributed by atoms with van der Waals surface area (Å²) < 4.78 is -1.27. The van der Waals surface area contributed by atoms with Gasteiger partial charge in [-0.15, -0.1) is 0 Å². The third kappa shape index (κ3) is 3.05. The van der Waals surface area contributed by atoms with E-state index in [2.05, 4.69) is 6.92 Å². The Bertz CT molecular complexity index is 251. The van der Waals surface area contributed by atoms with E-state index in [0.717, 1.165) is 5.56 Å². The van der Waals surface area contributed by atoms with Crippen molar-refractivity contribution in [1.82, 2.24) is 0 Å². The zero-order valence-electron chi connectivity index (χ0n) is 7.01. The second kappa shape index (κ2) is 4.54. The third-order valence-electron chi connectivity index (χ3n) is 1.89. The summed E-state index contributed by atoms with van der Waals surface area (Å²) in [4.78, 5) is 0. The van der Waals surface area contributed by atoms with E-state index in [-0.39, 0.29) is 5.92 Å². The lowest BCUT2D eigenvalue weighted by Crippen LogP contribution is -2.16. The van der Waals surface area contributed by atoms with Gasteiger partial charge in [-0.3, -0.25) is 0 Å². The minimum atomic E-state index is -1.27. The molecule has 0 aliphatic rings. The molecule has 0 saturated carbocycles. The van der Waals surface area contributed by atoms with Crippen molar-refractivity contribution in [1.29, 1.82) is 0 Å². The van der Waals surface area contributed by atoms with Crippen molar-refractivity contribution in [2.75, 3.05) is 0 Å². The molecule has 1 rings (SSSR count). The van der Waals surface area contributed by atoms with Gasteiger partial charge in [-0.05, 0) is 12.0 Å². The fourth-order valence-electron chi connectivity index (χ4n) is 1.20. The summed E-state index contributed by atoms with van der Waals surface area (Å²) in [5, 5.41) is 0. The topological polar surface area (TPSA) is 0 Å². The van der Waals surface area contributed by atoms with Crippen LogP contribution in [0.3, 0.4) is 0 Å². The SMILES string of the molecule is [CH2]CC(c1ccccc1)C(Cl)(Cl)Cl. The fourth-order valence-corrected chi connectivity index (χ4v) is 1.91. The van der Waals surface area contributed by atoms with Gasteiger partial charge in [0.05, 0.1) is 0 Å². The quantitative estimate of drug-likeness (QED) is 0.669. The highest BCUT2D eigenvalue weighted by Gasteiger charge is 2.31. The molecule has 1 aromatic rings. The smallest absolute Gasteiger partial charge is 0.0830 e. The Morgan fingerprint density at radius 1 is 1.15 bits per heavy atom. The minimum absolute atomic E-state index is 0.140. The standard InChI is InChI=1S/C10H10Cl3/c1-2-9(10(11,12)13)8-6-4-3-5-7-8/h3-7,9H,1-2H2. The Hall–Kier alpha value is 0.0900. The van der Waals surface area contributed by atoms with E-state index in [1.54, 1.807) is 0 Å². The Morgan fingerprint density at radius 2 is 1.69 bits per heavy atom. The van der Waals surface area contributed by atoms with Crippen LogP contribution in [0.15, 0.2) is 30.3 Å². The van der Waals surface area contributed by atoms with Gasteiger partial charge in [0.1, 0.15) is 0 Å². The summed E-state index contributed by atoms with van der Waals surface area (Å²) in [5.74, 6) is -0.140. The molecule has 1 radical (unpaired) electrons. The lowest BCUT2D eigenvalue weighted by Gasteiger charge is -2.23. The Balaban J connectivity index is 2.92. The van der Waals surface area contributed by atoms with Gasteiger partial charge in [0.2, 0.25) is 0 Å². The summed E-state index contributed by atoms with van der Waals surface area (Å²) in [7, 11) is 0. The van der Waals surface area contributed by atoms with Crippen molar-refractivity contribution in [3.05, 3.63) is 42.8 Å². The van der Waals surface area contributed by atoms with Gasteiger partial charge in [0.25, 0.3) is 0 Å². The van der Waals surface area contributed by atoms with Crippen molar-refractivity contribution in [2.24, 2.45) is 0 Å². The highest BCUT2D eigenvalue weighted by Crippen LogP contribution is 2.43. The second-order valence-corrected chi connectivity index (χ2v) is 5.16. The number of halogens is 3. The molecule has 3 heteroatoms. The highest BCUT2D eigenvalue weighted by atomic mass is 35.6. The number of rotatable bonds is 2. The van der Waals surface area contributed by atoms with Crippen molar-refractivity contribution in [3.8, 4) is 0 Å². The van der Waals surface area contributed by atoms with Crippen LogP contribution in [-0.2, 0) is 0 Å². The molecule has 0 aromatic heterocycles. The predicted octanol–water partition coefficient (Wildman–Crippen LogP) is 4.36. The van der Waals surface area contributed by atoms with Crippen LogP contribution in [0.5, 0.6) is 0 Å². The van der Waals surface area contributed by atoms with E-state index in [0.29, 0.717) is 6.42 Å². The summed E-state index contributed by atoms with van der Waals surface area (Å²) >= 11 is 17.5. The van der Waals surface area contributed by atoms with Crippen molar-refractivity contribution in [2.45, 2.75) is 16.1 Å². The molecular formula is C10H10Cl3. The lowest BCUT2D eigenvalue weighted by molar-refractivity contribution is 0.716. The summed E-state index contributed by atoms with van der Waals surface area (Å²) in [6.45, 7) is 3.78. The summed E-state index contributed by atoms with van der Waals surface area (Å²) in [5.41, 5.74) is 1.01. The van der Waals surface area contributed by atoms with E-state index < -0.39 is 3.79 Å². The van der Waals surface area contributed by atoms with Crippen LogP contribution >= 0.6 is 34.8 Å². The molecule has 0 fully saturated rings. The number of hydrogen-bond acceptors (Lipinski definition) is 0. The first-order chi connectivity index (χ1) is 6.05. The molecule has 1 unspecified atom stereocenters. The highest BCUT2D eigenvalue weighted by molar-refractivity contribution is 6.68. The molecule has 71 valence electrons. The Labute approximate surface area is 93.8 Å². The van der Waals surface area contributed by atoms with Gasteiger partial charge in [0, 0.05) is 5.92 Å². The largest absolute Gasteiger partial charge is 0.197 e. The lowest BCUT2D eigenvalue weighted by atomic mass is 9.98. The van der Waals surface area contributed by atoms with Crippen molar-refractivity contribution in [3.63, 3.8) is 0 Å². The van der Waals surface area contributed by atoms with Gasteiger partial charge in [-0.2, -0.15) is 0 Å². The van der Waals surface area contributed by atoms with Crippen molar-refractivity contribution >= 4 is 34.8 Å². The van der Waals surface area contributed by atoms with Crippen LogP contribution in [-0.4, -0.2) is 3.79 Å². The van der Waals surface area contributed by atoms with Gasteiger partial charge in [0.15, 0.2) is 3.79 Å². The first kappa shape index (κ1) is 11.2. The predicted molar refractivity (Wildman–Crippen MR) is 59.4 cm³/mol. The van der Waals surface area contributed by atoms with E-state index in [1.165, 1.54) is 0 Å². The summed E-state index contributed by atoms with van der Waals surface area (Å²) in [6, 6.07) is 9.67. The second-order valence-electron chi connectivity index (χ2n) is 2.79. The van der Waals surface area contributed by atoms with Crippen LogP contribution in [0.25, 0.3) is 0 Å². The fraction of sp³-hybridized carbons (Fsp3) is 0.300. The third-order valence-corrected chi connectivity index (χ3v) is 2.68. The zero-order chi connectivity index (χ0) is 9.90. The Kier molecular flexibility index (Phi) is 3.90. The minimum Gasteiger partial charge on any atom is -0.0830 e. The first-order valence-corrected chi connectivity index (χ1v) is 5.10. The number of hydrogen-bond donors (Lipinski definition) is 0. The molecule has 0 saturated heterocycles. The van der Waals surface area contributed by atoms with Crippen LogP contribution in [0.1, 0.15) is 17.9 Å². The van der Waals surface area contributed by atoms with Gasteiger partial charge in [-0.1, -0.05) is 72.1 Å². The molecule has 13 heavy (non-hydrogen) atoms. The van der Waals surface area contributed by atoms with Crippen LogP contribution in [0.4, 0.5) is 0 Å². The van der Waals surface area contributed by atoms with E-state index in [1.807, 2.05) is 30.3 Å². The zero-order valence-corrected chi connectivity index (χ0v) is 9.28. The maximum absolute atomic E-state index is 5.82. The molecule has 1 aromatic carbocycles. The van der Waals surface area contributed by atoms with Crippen LogP contribution in [0.2, 0.25) is 0 Å². The van der Waals surface area contributed by atoms with Gasteiger partial charge in [-0.25, -0.2) is 0 Å². The maximum atomic E-state index is 5.82. The molecule has 0 amide bonds. The average molecular weight is 237 g/mol. The molecule has 1 atom stereocenters. The normalized spacial score (nSPS) is 14.2. The first-order valence-electron chi connectivity index (χ1n) is 3.96. The molecule has 0 bridgehead atoms.